The number of hydrogen-bond acceptors (Lipinski definition) is 2. The molecule has 1 rings (SSSR count). The Hall–Kier alpha value is -1.02. The minimum absolute atomic E-state index is 0. The predicted molar refractivity (Wildman–Crippen MR) is 47.1 cm³/mol. The number of aryl methyl sites for hydroxylation is 1. The summed E-state index contributed by atoms with van der Waals surface area (Å²) in [6, 6.07) is 7.39. The van der Waals surface area contributed by atoms with E-state index in [0.717, 1.165) is 11.1 Å². The summed E-state index contributed by atoms with van der Waals surface area (Å²) in [4.78, 5) is 10.2. The molecule has 0 saturated heterocycles. The largest absolute Gasteiger partial charge is 0.550 e. The molecule has 0 aliphatic heterocycles. The zero-order chi connectivity index (χ0) is 8.27. The van der Waals surface area contributed by atoms with E-state index in [2.05, 4.69) is 0 Å². The van der Waals surface area contributed by atoms with Crippen LogP contribution in [0.5, 0.6) is 0 Å². The second kappa shape index (κ2) is 4.78. The van der Waals surface area contributed by atoms with Crippen LogP contribution in [-0.4, -0.2) is 5.97 Å². The lowest BCUT2D eigenvalue weighted by Gasteiger charge is -2.04. The fourth-order valence-electron chi connectivity index (χ4n) is 0.964. The van der Waals surface area contributed by atoms with Crippen LogP contribution in [0.4, 0.5) is 0 Å². The lowest BCUT2D eigenvalue weighted by molar-refractivity contribution is -0.304. The summed E-state index contributed by atoms with van der Waals surface area (Å²) in [5.74, 6) is -1.03. The molecule has 0 spiro atoms. The first-order valence-corrected chi connectivity index (χ1v) is 3.44. The number of halogens is 1. The van der Waals surface area contributed by atoms with E-state index >= 15 is 0 Å². The second-order valence-electron chi connectivity index (χ2n) is 2.48. The third kappa shape index (κ3) is 2.93. The van der Waals surface area contributed by atoms with Gasteiger partial charge in [0, 0.05) is 12.4 Å². The average Bonchev–Trinajstić information content (AvgIpc) is 1.93. The summed E-state index contributed by atoms with van der Waals surface area (Å²) in [5, 5.41) is 10.2. The molecule has 0 radical (unpaired) electrons. The Labute approximate surface area is 77.6 Å². The van der Waals surface area contributed by atoms with Crippen LogP contribution in [0.25, 0.3) is 0 Å². The van der Waals surface area contributed by atoms with Crippen molar-refractivity contribution in [2.75, 3.05) is 0 Å². The molecular weight excluding hydrogens is 176 g/mol. The second-order valence-corrected chi connectivity index (χ2v) is 2.48. The van der Waals surface area contributed by atoms with Crippen LogP contribution in [0.2, 0.25) is 0 Å². The molecular formula is C9H10ClO2-. The Morgan fingerprint density at radius 1 is 1.42 bits per heavy atom. The van der Waals surface area contributed by atoms with Gasteiger partial charge in [0.1, 0.15) is 0 Å². The van der Waals surface area contributed by atoms with E-state index < -0.39 is 5.97 Å². The molecule has 0 aromatic heterocycles. The van der Waals surface area contributed by atoms with Gasteiger partial charge in [0.25, 0.3) is 0 Å². The maximum Gasteiger partial charge on any atom is 0.0458 e. The zero-order valence-electron chi connectivity index (χ0n) is 6.74. The van der Waals surface area contributed by atoms with E-state index in [4.69, 9.17) is 0 Å². The molecule has 2 nitrogen and oxygen atoms in total. The molecule has 0 aliphatic carbocycles. The van der Waals surface area contributed by atoms with Gasteiger partial charge in [0.2, 0.25) is 0 Å². The third-order valence-corrected chi connectivity index (χ3v) is 1.60. The van der Waals surface area contributed by atoms with Crippen molar-refractivity contribution in [3.8, 4) is 0 Å². The highest BCUT2D eigenvalue weighted by Gasteiger charge is 1.95. The minimum atomic E-state index is -1.03. The van der Waals surface area contributed by atoms with Gasteiger partial charge in [-0.2, -0.15) is 0 Å². The van der Waals surface area contributed by atoms with Crippen LogP contribution in [0.15, 0.2) is 24.3 Å². The monoisotopic (exact) mass is 185 g/mol. The van der Waals surface area contributed by atoms with Crippen molar-refractivity contribution in [3.63, 3.8) is 0 Å². The van der Waals surface area contributed by atoms with Crippen molar-refractivity contribution in [3.05, 3.63) is 35.4 Å². The molecule has 66 valence electrons. The lowest BCUT2D eigenvalue weighted by Crippen LogP contribution is -2.24. The summed E-state index contributed by atoms with van der Waals surface area (Å²) in [6.07, 6.45) is 0.00662. The first-order valence-electron chi connectivity index (χ1n) is 3.44. The summed E-state index contributed by atoms with van der Waals surface area (Å²) < 4.78 is 0. The molecule has 0 heterocycles. The Morgan fingerprint density at radius 2 is 2.00 bits per heavy atom. The molecule has 0 N–H and O–H groups in total. The highest BCUT2D eigenvalue weighted by Crippen LogP contribution is 2.06. The van der Waals surface area contributed by atoms with Crippen LogP contribution in [-0.2, 0) is 11.2 Å². The fraction of sp³-hybridized carbons (Fsp3) is 0.222. The Morgan fingerprint density at radius 3 is 2.50 bits per heavy atom. The number of carbonyl (C=O) groups is 1. The fourth-order valence-corrected chi connectivity index (χ4v) is 0.964. The van der Waals surface area contributed by atoms with Crippen LogP contribution < -0.4 is 5.11 Å². The van der Waals surface area contributed by atoms with Gasteiger partial charge in [-0.25, -0.2) is 0 Å². The number of aliphatic carboxylic acids is 1. The van der Waals surface area contributed by atoms with E-state index in [1.54, 1.807) is 6.07 Å². The van der Waals surface area contributed by atoms with Gasteiger partial charge in [-0.15, -0.1) is 12.4 Å². The first kappa shape index (κ1) is 11.0. The van der Waals surface area contributed by atoms with E-state index in [-0.39, 0.29) is 18.8 Å². The summed E-state index contributed by atoms with van der Waals surface area (Å²) in [6.45, 7) is 1.89. The molecule has 1 aromatic rings. The van der Waals surface area contributed by atoms with Crippen molar-refractivity contribution in [2.24, 2.45) is 0 Å². The molecule has 12 heavy (non-hydrogen) atoms. The van der Waals surface area contributed by atoms with Crippen molar-refractivity contribution in [1.29, 1.82) is 0 Å². The van der Waals surface area contributed by atoms with Crippen molar-refractivity contribution >= 4 is 18.4 Å². The lowest BCUT2D eigenvalue weighted by atomic mass is 10.1. The Balaban J connectivity index is 0.00000121. The van der Waals surface area contributed by atoms with E-state index in [0.29, 0.717) is 0 Å². The number of benzene rings is 1. The number of carboxylic acid groups (broad SMARTS) is 1. The SMILES string of the molecule is Cc1ccccc1CC(=O)[O-].Cl. The van der Waals surface area contributed by atoms with Crippen LogP contribution >= 0.6 is 12.4 Å². The molecule has 0 saturated carbocycles. The molecule has 1 aromatic carbocycles. The molecule has 3 heteroatoms. The molecule has 0 bridgehead atoms. The van der Waals surface area contributed by atoms with Crippen molar-refractivity contribution in [2.45, 2.75) is 13.3 Å². The predicted octanol–water partition coefficient (Wildman–Crippen LogP) is 0.709. The standard InChI is InChI=1S/C9H10O2.ClH/c1-7-4-2-3-5-8(7)6-9(10)11;/h2-5H,6H2,1H3,(H,10,11);1H/p-1. The van der Waals surface area contributed by atoms with Gasteiger partial charge in [0.15, 0.2) is 0 Å². The Kier molecular flexibility index (Phi) is 4.37. The summed E-state index contributed by atoms with van der Waals surface area (Å²) in [7, 11) is 0. The molecule has 0 aliphatic rings. The number of carbonyl (C=O) groups excluding carboxylic acids is 1. The maximum atomic E-state index is 10.2. The van der Waals surface area contributed by atoms with Gasteiger partial charge < -0.3 is 9.90 Å². The van der Waals surface area contributed by atoms with Crippen molar-refractivity contribution in [1.82, 2.24) is 0 Å². The van der Waals surface area contributed by atoms with Crippen molar-refractivity contribution < 1.29 is 9.90 Å². The highest BCUT2D eigenvalue weighted by molar-refractivity contribution is 5.85. The van der Waals surface area contributed by atoms with Gasteiger partial charge in [-0.05, 0) is 18.1 Å². The maximum absolute atomic E-state index is 10.2. The summed E-state index contributed by atoms with van der Waals surface area (Å²) >= 11 is 0. The number of rotatable bonds is 2. The minimum Gasteiger partial charge on any atom is -0.550 e. The number of carboxylic acids is 1. The van der Waals surface area contributed by atoms with Crippen LogP contribution in [0.3, 0.4) is 0 Å². The van der Waals surface area contributed by atoms with Gasteiger partial charge in [-0.1, -0.05) is 24.3 Å². The van der Waals surface area contributed by atoms with Gasteiger partial charge >= 0.3 is 0 Å². The third-order valence-electron chi connectivity index (χ3n) is 1.60. The van der Waals surface area contributed by atoms with Crippen LogP contribution in [0, 0.1) is 6.92 Å². The topological polar surface area (TPSA) is 40.1 Å². The van der Waals surface area contributed by atoms with Gasteiger partial charge in [-0.3, -0.25) is 0 Å². The quantitative estimate of drug-likeness (QED) is 0.681. The van der Waals surface area contributed by atoms with E-state index in [1.807, 2.05) is 25.1 Å². The average molecular weight is 186 g/mol. The number of hydrogen-bond donors (Lipinski definition) is 0. The Bertz CT molecular complexity index is 271. The first-order chi connectivity index (χ1) is 5.20. The normalized spacial score (nSPS) is 8.75. The van der Waals surface area contributed by atoms with E-state index in [9.17, 15) is 9.90 Å². The summed E-state index contributed by atoms with van der Waals surface area (Å²) in [5.41, 5.74) is 1.82. The smallest absolute Gasteiger partial charge is 0.0458 e. The molecule has 0 fully saturated rings. The highest BCUT2D eigenvalue weighted by atomic mass is 35.5. The molecule has 0 atom stereocenters. The molecule has 0 unspecified atom stereocenters. The zero-order valence-corrected chi connectivity index (χ0v) is 7.56. The van der Waals surface area contributed by atoms with E-state index in [1.165, 1.54) is 0 Å². The van der Waals surface area contributed by atoms with Gasteiger partial charge in [0.05, 0.1) is 0 Å². The molecule has 0 amide bonds. The van der Waals surface area contributed by atoms with Crippen LogP contribution in [0.1, 0.15) is 11.1 Å².